The molecule has 3 rings (SSSR count). The van der Waals surface area contributed by atoms with Crippen molar-refractivity contribution >= 4 is 38.3 Å². The second kappa shape index (κ2) is 5.69. The highest BCUT2D eigenvalue weighted by atomic mass is 79.9. The molecule has 1 aromatic heterocycles. The first-order valence-electron chi connectivity index (χ1n) is 6.60. The Morgan fingerprint density at radius 3 is 2.76 bits per heavy atom. The summed E-state index contributed by atoms with van der Waals surface area (Å²) in [5.41, 5.74) is 8.70. The van der Waals surface area contributed by atoms with Gasteiger partial charge in [0, 0.05) is 29.1 Å². The standard InChI is InChI=1S/C16H15BrN4/c1-21(9-11-4-2-3-5-14(11)17)16-13-8-12(18)6-7-15(13)19-10-20-16/h2-8,10H,9,18H2,1H3. The lowest BCUT2D eigenvalue weighted by atomic mass is 10.2. The molecule has 0 spiro atoms. The van der Waals surface area contributed by atoms with Crippen molar-refractivity contribution in [1.29, 1.82) is 0 Å². The summed E-state index contributed by atoms with van der Waals surface area (Å²) in [6.07, 6.45) is 1.59. The van der Waals surface area contributed by atoms with Crippen LogP contribution in [0.5, 0.6) is 0 Å². The quantitative estimate of drug-likeness (QED) is 0.738. The fourth-order valence-corrected chi connectivity index (χ4v) is 2.73. The maximum Gasteiger partial charge on any atom is 0.139 e. The van der Waals surface area contributed by atoms with E-state index in [0.29, 0.717) is 5.69 Å². The lowest BCUT2D eigenvalue weighted by molar-refractivity contribution is 0.896. The van der Waals surface area contributed by atoms with E-state index in [2.05, 4.69) is 36.9 Å². The van der Waals surface area contributed by atoms with Crippen molar-refractivity contribution in [2.24, 2.45) is 0 Å². The maximum absolute atomic E-state index is 5.89. The summed E-state index contributed by atoms with van der Waals surface area (Å²) in [5.74, 6) is 0.878. The number of hydrogen-bond acceptors (Lipinski definition) is 4. The van der Waals surface area contributed by atoms with Gasteiger partial charge in [-0.15, -0.1) is 0 Å². The van der Waals surface area contributed by atoms with E-state index in [4.69, 9.17) is 5.73 Å². The summed E-state index contributed by atoms with van der Waals surface area (Å²) in [6.45, 7) is 0.752. The Bertz CT molecular complexity index is 788. The van der Waals surface area contributed by atoms with Crippen LogP contribution in [0.25, 0.3) is 10.9 Å². The first-order valence-corrected chi connectivity index (χ1v) is 7.39. The molecule has 0 unspecified atom stereocenters. The van der Waals surface area contributed by atoms with Crippen LogP contribution in [0.3, 0.4) is 0 Å². The highest BCUT2D eigenvalue weighted by Gasteiger charge is 2.10. The van der Waals surface area contributed by atoms with Gasteiger partial charge in [-0.3, -0.25) is 0 Å². The molecule has 0 atom stereocenters. The molecule has 0 aliphatic heterocycles. The Morgan fingerprint density at radius 2 is 1.95 bits per heavy atom. The van der Waals surface area contributed by atoms with Crippen LogP contribution in [-0.2, 0) is 6.54 Å². The average molecular weight is 343 g/mol. The molecule has 106 valence electrons. The molecular formula is C16H15BrN4. The van der Waals surface area contributed by atoms with E-state index in [1.54, 1.807) is 6.33 Å². The molecule has 0 amide bonds. The summed E-state index contributed by atoms with van der Waals surface area (Å²) >= 11 is 3.58. The minimum atomic E-state index is 0.716. The van der Waals surface area contributed by atoms with Crippen LogP contribution in [-0.4, -0.2) is 17.0 Å². The second-order valence-corrected chi connectivity index (χ2v) is 5.78. The molecule has 1 heterocycles. The number of aromatic nitrogens is 2. The molecule has 0 bridgehead atoms. The second-order valence-electron chi connectivity index (χ2n) is 4.92. The van der Waals surface area contributed by atoms with Crippen molar-refractivity contribution in [2.75, 3.05) is 17.7 Å². The number of benzene rings is 2. The minimum absolute atomic E-state index is 0.716. The number of nitrogen functional groups attached to an aromatic ring is 1. The summed E-state index contributed by atoms with van der Waals surface area (Å²) in [4.78, 5) is 10.8. The van der Waals surface area contributed by atoms with E-state index in [9.17, 15) is 0 Å². The fraction of sp³-hybridized carbons (Fsp3) is 0.125. The number of halogens is 1. The van der Waals surface area contributed by atoms with Gasteiger partial charge in [0.2, 0.25) is 0 Å². The number of fused-ring (bicyclic) bond motifs is 1. The number of anilines is 2. The summed E-state index contributed by atoms with van der Waals surface area (Å²) < 4.78 is 1.09. The van der Waals surface area contributed by atoms with Crippen LogP contribution in [0.1, 0.15) is 5.56 Å². The summed E-state index contributed by atoms with van der Waals surface area (Å²) in [7, 11) is 2.02. The maximum atomic E-state index is 5.89. The number of rotatable bonds is 3. The highest BCUT2D eigenvalue weighted by molar-refractivity contribution is 9.10. The molecule has 21 heavy (non-hydrogen) atoms. The molecule has 4 nitrogen and oxygen atoms in total. The third-order valence-corrected chi connectivity index (χ3v) is 4.14. The van der Waals surface area contributed by atoms with Crippen molar-refractivity contribution < 1.29 is 0 Å². The molecule has 0 saturated carbocycles. The lowest BCUT2D eigenvalue weighted by Gasteiger charge is -2.20. The van der Waals surface area contributed by atoms with E-state index < -0.39 is 0 Å². The third-order valence-electron chi connectivity index (χ3n) is 3.37. The Kier molecular flexibility index (Phi) is 3.75. The molecule has 5 heteroatoms. The number of nitrogens with two attached hydrogens (primary N) is 1. The number of hydrogen-bond donors (Lipinski definition) is 1. The average Bonchev–Trinajstić information content (AvgIpc) is 2.49. The first-order chi connectivity index (χ1) is 10.1. The molecule has 0 aliphatic carbocycles. The van der Waals surface area contributed by atoms with Gasteiger partial charge >= 0.3 is 0 Å². The SMILES string of the molecule is CN(Cc1ccccc1Br)c1ncnc2ccc(N)cc12. The van der Waals surface area contributed by atoms with Crippen LogP contribution in [0.2, 0.25) is 0 Å². The molecule has 0 radical (unpaired) electrons. The Morgan fingerprint density at radius 1 is 1.14 bits per heavy atom. The van der Waals surface area contributed by atoms with E-state index in [1.807, 2.05) is 43.4 Å². The van der Waals surface area contributed by atoms with Crippen molar-refractivity contribution in [3.8, 4) is 0 Å². The summed E-state index contributed by atoms with van der Waals surface area (Å²) in [6, 6.07) is 13.9. The van der Waals surface area contributed by atoms with E-state index in [0.717, 1.165) is 27.7 Å². The zero-order valence-corrected chi connectivity index (χ0v) is 13.2. The Labute approximate surface area is 131 Å². The van der Waals surface area contributed by atoms with Gasteiger partial charge in [-0.2, -0.15) is 0 Å². The van der Waals surface area contributed by atoms with Crippen LogP contribution < -0.4 is 10.6 Å². The lowest BCUT2D eigenvalue weighted by Crippen LogP contribution is -2.18. The molecule has 2 aromatic carbocycles. The van der Waals surface area contributed by atoms with Gasteiger partial charge < -0.3 is 10.6 Å². The highest BCUT2D eigenvalue weighted by Crippen LogP contribution is 2.26. The molecule has 2 N–H and O–H groups in total. The predicted octanol–water partition coefficient (Wildman–Crippen LogP) is 3.61. The van der Waals surface area contributed by atoms with Gasteiger partial charge in [0.05, 0.1) is 5.52 Å². The van der Waals surface area contributed by atoms with Crippen LogP contribution in [0, 0.1) is 0 Å². The third kappa shape index (κ3) is 2.83. The molecule has 0 aliphatic rings. The topological polar surface area (TPSA) is 55.0 Å². The minimum Gasteiger partial charge on any atom is -0.399 e. The van der Waals surface area contributed by atoms with Gasteiger partial charge in [-0.1, -0.05) is 34.1 Å². The van der Waals surface area contributed by atoms with Crippen molar-refractivity contribution in [3.05, 3.63) is 58.8 Å². The van der Waals surface area contributed by atoms with E-state index in [1.165, 1.54) is 5.56 Å². The normalized spacial score (nSPS) is 10.8. The molecular weight excluding hydrogens is 328 g/mol. The van der Waals surface area contributed by atoms with Gasteiger partial charge in [-0.05, 0) is 29.8 Å². The fourth-order valence-electron chi connectivity index (χ4n) is 2.32. The van der Waals surface area contributed by atoms with Crippen LogP contribution in [0.4, 0.5) is 11.5 Å². The summed E-state index contributed by atoms with van der Waals surface area (Å²) in [5, 5.41) is 0.965. The zero-order chi connectivity index (χ0) is 14.8. The van der Waals surface area contributed by atoms with Gasteiger partial charge in [0.15, 0.2) is 0 Å². The van der Waals surface area contributed by atoms with Crippen molar-refractivity contribution in [3.63, 3.8) is 0 Å². The first kappa shape index (κ1) is 13.8. The monoisotopic (exact) mass is 342 g/mol. The predicted molar refractivity (Wildman–Crippen MR) is 90.2 cm³/mol. The van der Waals surface area contributed by atoms with Crippen molar-refractivity contribution in [2.45, 2.75) is 6.54 Å². The van der Waals surface area contributed by atoms with Gasteiger partial charge in [0.1, 0.15) is 12.1 Å². The zero-order valence-electron chi connectivity index (χ0n) is 11.6. The molecule has 0 fully saturated rings. The molecule has 0 saturated heterocycles. The van der Waals surface area contributed by atoms with Gasteiger partial charge in [0.25, 0.3) is 0 Å². The Hall–Kier alpha value is -2.14. The Balaban J connectivity index is 2.00. The smallest absolute Gasteiger partial charge is 0.139 e. The van der Waals surface area contributed by atoms with Crippen LogP contribution >= 0.6 is 15.9 Å². The molecule has 3 aromatic rings. The van der Waals surface area contributed by atoms with E-state index >= 15 is 0 Å². The van der Waals surface area contributed by atoms with Gasteiger partial charge in [-0.25, -0.2) is 9.97 Å². The van der Waals surface area contributed by atoms with Crippen LogP contribution in [0.15, 0.2) is 53.3 Å². The van der Waals surface area contributed by atoms with Crippen molar-refractivity contribution in [1.82, 2.24) is 9.97 Å². The number of nitrogens with zero attached hydrogens (tertiary/aromatic N) is 3. The van der Waals surface area contributed by atoms with E-state index in [-0.39, 0.29) is 0 Å². The largest absolute Gasteiger partial charge is 0.399 e.